The third kappa shape index (κ3) is 3.34. The maximum Gasteiger partial charge on any atom is 0.391 e. The molecule has 0 saturated carbocycles. The van der Waals surface area contributed by atoms with Crippen molar-refractivity contribution in [2.24, 2.45) is 5.92 Å². The Hall–Kier alpha value is -0.940. The normalized spacial score (nSPS) is 17.8. The molecule has 0 atom stereocenters. The molecule has 1 aromatic rings. The van der Waals surface area contributed by atoms with Crippen molar-refractivity contribution in [2.45, 2.75) is 25.6 Å². The molecule has 0 unspecified atom stereocenters. The van der Waals surface area contributed by atoms with E-state index in [4.69, 9.17) is 11.6 Å². The summed E-state index contributed by atoms with van der Waals surface area (Å²) in [6.45, 7) is 0.521. The largest absolute Gasteiger partial charge is 0.392 e. The fourth-order valence-corrected chi connectivity index (χ4v) is 2.63. The maximum absolute atomic E-state index is 12.6. The number of piperidine rings is 1. The van der Waals surface area contributed by atoms with Crippen molar-refractivity contribution < 1.29 is 18.3 Å². The minimum Gasteiger partial charge on any atom is -0.392 e. The van der Waals surface area contributed by atoms with Gasteiger partial charge < -0.3 is 10.0 Å². The molecule has 6 heteroatoms. The molecule has 1 fully saturated rings. The number of anilines is 1. The second kappa shape index (κ2) is 5.59. The summed E-state index contributed by atoms with van der Waals surface area (Å²) in [5, 5.41) is 9.80. The van der Waals surface area contributed by atoms with E-state index in [0.29, 0.717) is 23.7 Å². The highest BCUT2D eigenvalue weighted by Crippen LogP contribution is 2.36. The summed E-state index contributed by atoms with van der Waals surface area (Å²) in [5.74, 6) is -1.21. The minimum atomic E-state index is -4.11. The van der Waals surface area contributed by atoms with E-state index in [0.717, 1.165) is 5.69 Å². The van der Waals surface area contributed by atoms with Gasteiger partial charge in [-0.25, -0.2) is 0 Å². The highest BCUT2D eigenvalue weighted by Gasteiger charge is 2.41. The molecule has 19 heavy (non-hydrogen) atoms. The number of benzene rings is 1. The van der Waals surface area contributed by atoms with Crippen molar-refractivity contribution in [3.8, 4) is 0 Å². The number of hydrogen-bond donors (Lipinski definition) is 1. The van der Waals surface area contributed by atoms with Gasteiger partial charge in [0.1, 0.15) is 0 Å². The Labute approximate surface area is 114 Å². The van der Waals surface area contributed by atoms with Gasteiger partial charge in [-0.2, -0.15) is 13.2 Å². The standard InChI is InChI=1S/C13H15ClF3NO/c14-11-1-2-12(9(7-11)8-19)18-5-3-10(4-6-18)13(15,16)17/h1-2,7,10,19H,3-6,8H2. The molecular weight excluding hydrogens is 279 g/mol. The van der Waals surface area contributed by atoms with Crippen molar-refractivity contribution in [1.82, 2.24) is 0 Å². The van der Waals surface area contributed by atoms with Gasteiger partial charge in [0.15, 0.2) is 0 Å². The van der Waals surface area contributed by atoms with Gasteiger partial charge >= 0.3 is 6.18 Å². The van der Waals surface area contributed by atoms with Crippen LogP contribution in [0.5, 0.6) is 0 Å². The van der Waals surface area contributed by atoms with Crippen LogP contribution in [0.1, 0.15) is 18.4 Å². The van der Waals surface area contributed by atoms with Gasteiger partial charge in [-0.3, -0.25) is 0 Å². The first-order chi connectivity index (χ1) is 8.91. The van der Waals surface area contributed by atoms with Gasteiger partial charge in [-0.1, -0.05) is 11.6 Å². The van der Waals surface area contributed by atoms with Crippen molar-refractivity contribution in [1.29, 1.82) is 0 Å². The Balaban J connectivity index is 2.10. The molecule has 2 rings (SSSR count). The second-order valence-corrected chi connectivity index (χ2v) is 5.17. The summed E-state index contributed by atoms with van der Waals surface area (Å²) in [7, 11) is 0. The van der Waals surface area contributed by atoms with Crippen LogP contribution in [0.25, 0.3) is 0 Å². The van der Waals surface area contributed by atoms with Gasteiger partial charge in [0.25, 0.3) is 0 Å². The third-order valence-corrected chi connectivity index (χ3v) is 3.75. The molecule has 0 radical (unpaired) electrons. The Kier molecular flexibility index (Phi) is 4.26. The number of nitrogens with zero attached hydrogens (tertiary/aromatic N) is 1. The predicted octanol–water partition coefficient (Wildman–Crippen LogP) is 3.61. The first-order valence-electron chi connectivity index (χ1n) is 6.12. The minimum absolute atomic E-state index is 0.0942. The molecule has 2 nitrogen and oxygen atoms in total. The van der Waals surface area contributed by atoms with Crippen molar-refractivity contribution in [2.75, 3.05) is 18.0 Å². The highest BCUT2D eigenvalue weighted by atomic mass is 35.5. The quantitative estimate of drug-likeness (QED) is 0.900. The molecule has 1 aromatic carbocycles. The molecule has 0 bridgehead atoms. The molecule has 106 valence electrons. The average Bonchev–Trinajstić information content (AvgIpc) is 2.37. The number of alkyl halides is 3. The van der Waals surface area contributed by atoms with Crippen LogP contribution >= 0.6 is 11.6 Å². The topological polar surface area (TPSA) is 23.5 Å². The van der Waals surface area contributed by atoms with Crippen molar-refractivity contribution >= 4 is 17.3 Å². The SMILES string of the molecule is OCc1cc(Cl)ccc1N1CCC(C(F)(F)F)CC1. The maximum atomic E-state index is 12.6. The van der Waals surface area contributed by atoms with E-state index < -0.39 is 12.1 Å². The Morgan fingerprint density at radius 1 is 1.26 bits per heavy atom. The summed E-state index contributed by atoms with van der Waals surface area (Å²) >= 11 is 5.84. The zero-order chi connectivity index (χ0) is 14.0. The molecule has 0 amide bonds. The summed E-state index contributed by atoms with van der Waals surface area (Å²) in [5.41, 5.74) is 1.42. The fraction of sp³-hybridized carbons (Fsp3) is 0.538. The molecule has 1 aliphatic rings. The molecule has 1 heterocycles. The van der Waals surface area contributed by atoms with E-state index in [2.05, 4.69) is 0 Å². The van der Waals surface area contributed by atoms with Gasteiger partial charge in [0.05, 0.1) is 12.5 Å². The molecule has 1 N–H and O–H groups in total. The smallest absolute Gasteiger partial charge is 0.391 e. The van der Waals surface area contributed by atoms with Crippen LogP contribution in [0.3, 0.4) is 0 Å². The molecule has 0 aromatic heterocycles. The molecular formula is C13H15ClF3NO. The van der Waals surface area contributed by atoms with Crippen LogP contribution in [-0.2, 0) is 6.61 Å². The van der Waals surface area contributed by atoms with E-state index in [1.54, 1.807) is 18.2 Å². The van der Waals surface area contributed by atoms with E-state index in [1.165, 1.54) is 0 Å². The number of aliphatic hydroxyl groups is 1. The Morgan fingerprint density at radius 2 is 1.89 bits per heavy atom. The lowest BCUT2D eigenvalue weighted by molar-refractivity contribution is -0.179. The molecule has 0 spiro atoms. The monoisotopic (exact) mass is 293 g/mol. The molecule has 0 aliphatic carbocycles. The summed E-state index contributed by atoms with van der Waals surface area (Å²) in [6, 6.07) is 5.08. The Bertz CT molecular complexity index is 442. The number of rotatable bonds is 2. The van der Waals surface area contributed by atoms with Crippen molar-refractivity contribution in [3.05, 3.63) is 28.8 Å². The number of hydrogen-bond acceptors (Lipinski definition) is 2. The summed E-state index contributed by atoms with van der Waals surface area (Å²) < 4.78 is 37.8. The van der Waals surface area contributed by atoms with E-state index in [1.807, 2.05) is 4.90 Å². The van der Waals surface area contributed by atoms with Crippen LogP contribution < -0.4 is 4.90 Å². The number of halogens is 4. The van der Waals surface area contributed by atoms with Crippen LogP contribution in [-0.4, -0.2) is 24.4 Å². The first-order valence-corrected chi connectivity index (χ1v) is 6.50. The lowest BCUT2D eigenvalue weighted by Gasteiger charge is -2.35. The third-order valence-electron chi connectivity index (χ3n) is 3.51. The fourth-order valence-electron chi connectivity index (χ4n) is 2.44. The average molecular weight is 294 g/mol. The first kappa shape index (κ1) is 14.5. The molecule has 1 aliphatic heterocycles. The van der Waals surface area contributed by atoms with Gasteiger partial charge in [0.2, 0.25) is 0 Å². The van der Waals surface area contributed by atoms with Crippen LogP contribution in [0, 0.1) is 5.92 Å². The zero-order valence-corrected chi connectivity index (χ0v) is 11.0. The van der Waals surface area contributed by atoms with Gasteiger partial charge in [-0.15, -0.1) is 0 Å². The van der Waals surface area contributed by atoms with E-state index in [-0.39, 0.29) is 19.4 Å². The van der Waals surface area contributed by atoms with Crippen LogP contribution in [0.4, 0.5) is 18.9 Å². The lowest BCUT2D eigenvalue weighted by atomic mass is 9.95. The molecule has 1 saturated heterocycles. The van der Waals surface area contributed by atoms with Gasteiger partial charge in [0, 0.05) is 29.4 Å². The van der Waals surface area contributed by atoms with Crippen LogP contribution in [0.15, 0.2) is 18.2 Å². The van der Waals surface area contributed by atoms with Gasteiger partial charge in [-0.05, 0) is 31.0 Å². The van der Waals surface area contributed by atoms with Crippen molar-refractivity contribution in [3.63, 3.8) is 0 Å². The van der Waals surface area contributed by atoms with Crippen LogP contribution in [0.2, 0.25) is 5.02 Å². The van der Waals surface area contributed by atoms with E-state index >= 15 is 0 Å². The predicted molar refractivity (Wildman–Crippen MR) is 68.4 cm³/mol. The Morgan fingerprint density at radius 3 is 2.42 bits per heavy atom. The summed E-state index contributed by atoms with van der Waals surface area (Å²) in [4.78, 5) is 1.88. The lowest BCUT2D eigenvalue weighted by Crippen LogP contribution is -2.39. The highest BCUT2D eigenvalue weighted by molar-refractivity contribution is 6.30. The second-order valence-electron chi connectivity index (χ2n) is 4.73. The summed E-state index contributed by atoms with van der Waals surface area (Å²) in [6.07, 6.45) is -3.92. The van der Waals surface area contributed by atoms with E-state index in [9.17, 15) is 18.3 Å². The zero-order valence-electron chi connectivity index (χ0n) is 10.3. The number of aliphatic hydroxyl groups excluding tert-OH is 1.